The van der Waals surface area contributed by atoms with Gasteiger partial charge in [-0.1, -0.05) is 18.2 Å². The van der Waals surface area contributed by atoms with Gasteiger partial charge in [0, 0.05) is 16.8 Å². The summed E-state index contributed by atoms with van der Waals surface area (Å²) in [7, 11) is 0. The van der Waals surface area contributed by atoms with Gasteiger partial charge in [-0.15, -0.1) is 0 Å². The van der Waals surface area contributed by atoms with Gasteiger partial charge in [0.2, 0.25) is 0 Å². The van der Waals surface area contributed by atoms with Crippen LogP contribution in [-0.4, -0.2) is 21.7 Å². The second kappa shape index (κ2) is 7.28. The Hall–Kier alpha value is -3.68. The normalized spacial score (nSPS) is 10.8. The van der Waals surface area contributed by atoms with Gasteiger partial charge in [-0.2, -0.15) is 5.10 Å². The van der Waals surface area contributed by atoms with Gasteiger partial charge in [0.25, 0.3) is 11.5 Å². The number of nitrogens with two attached hydrogens (primary N) is 1. The lowest BCUT2D eigenvalue weighted by Gasteiger charge is -2.13. The lowest BCUT2D eigenvalue weighted by atomic mass is 10.1. The minimum atomic E-state index is -0.668. The molecule has 0 aliphatic heterocycles. The van der Waals surface area contributed by atoms with E-state index in [9.17, 15) is 14.4 Å². The molecule has 0 bridgehead atoms. The molecular weight excluding hydrogens is 346 g/mol. The average Bonchev–Trinajstić information content (AvgIpc) is 2.63. The Morgan fingerprint density at radius 1 is 0.963 bits per heavy atom. The number of carbonyl (C=O) groups is 2. The van der Waals surface area contributed by atoms with Crippen molar-refractivity contribution in [2.45, 2.75) is 19.9 Å². The van der Waals surface area contributed by atoms with E-state index < -0.39 is 11.9 Å². The van der Waals surface area contributed by atoms with Crippen LogP contribution < -0.4 is 21.9 Å². The molecule has 0 spiro atoms. The van der Waals surface area contributed by atoms with Gasteiger partial charge in [-0.25, -0.2) is 9.48 Å². The first kappa shape index (κ1) is 18.1. The maximum atomic E-state index is 12.8. The highest BCUT2D eigenvalue weighted by atomic mass is 16.2. The van der Waals surface area contributed by atoms with Crippen molar-refractivity contribution in [3.63, 3.8) is 0 Å². The van der Waals surface area contributed by atoms with Crippen molar-refractivity contribution in [2.75, 3.05) is 10.6 Å². The van der Waals surface area contributed by atoms with Crippen LogP contribution in [0.15, 0.2) is 53.3 Å². The molecule has 3 amide bonds. The van der Waals surface area contributed by atoms with Crippen molar-refractivity contribution >= 4 is 34.1 Å². The lowest BCUT2D eigenvalue weighted by Crippen LogP contribution is -2.28. The summed E-state index contributed by atoms with van der Waals surface area (Å²) in [5.41, 5.74) is 6.02. The molecule has 3 aromatic rings. The van der Waals surface area contributed by atoms with E-state index >= 15 is 0 Å². The van der Waals surface area contributed by atoms with E-state index in [1.54, 1.807) is 48.5 Å². The van der Waals surface area contributed by atoms with E-state index in [-0.39, 0.29) is 17.3 Å². The molecule has 0 aliphatic rings. The number of benzene rings is 2. The second-order valence-electron chi connectivity index (χ2n) is 6.26. The van der Waals surface area contributed by atoms with Gasteiger partial charge in [-0.3, -0.25) is 9.59 Å². The quantitative estimate of drug-likeness (QED) is 0.658. The zero-order valence-electron chi connectivity index (χ0n) is 14.9. The van der Waals surface area contributed by atoms with E-state index in [2.05, 4.69) is 15.7 Å². The Bertz CT molecular complexity index is 1070. The Balaban J connectivity index is 1.97. The van der Waals surface area contributed by atoms with Crippen LogP contribution >= 0.6 is 0 Å². The first-order valence-corrected chi connectivity index (χ1v) is 8.36. The summed E-state index contributed by atoms with van der Waals surface area (Å²) in [6, 6.07) is 12.5. The highest BCUT2D eigenvalue weighted by molar-refractivity contribution is 6.11. The number of fused-ring (bicyclic) bond motifs is 1. The summed E-state index contributed by atoms with van der Waals surface area (Å²) < 4.78 is 1.30. The molecule has 0 atom stereocenters. The molecule has 1 aromatic heterocycles. The molecule has 3 rings (SSSR count). The standard InChI is InChI=1S/C19H19N5O3/c1-11(2)24-18(26)15-6-4-3-5-14(15)16(23-24)17(25)21-12-7-9-13(10-8-12)22-19(20)27/h3-11H,1-2H3,(H,21,25)(H3,20,22,27). The predicted octanol–water partition coefficient (Wildman–Crippen LogP) is 2.72. The summed E-state index contributed by atoms with van der Waals surface area (Å²) in [5.74, 6) is -0.434. The van der Waals surface area contributed by atoms with Crippen LogP contribution in [0, 0.1) is 0 Å². The molecule has 0 saturated heterocycles. The third-order valence-corrected chi connectivity index (χ3v) is 3.94. The van der Waals surface area contributed by atoms with Crippen LogP contribution in [0.2, 0.25) is 0 Å². The van der Waals surface area contributed by atoms with Gasteiger partial charge in [0.05, 0.1) is 11.4 Å². The van der Waals surface area contributed by atoms with E-state index in [0.29, 0.717) is 22.1 Å². The summed E-state index contributed by atoms with van der Waals surface area (Å²) in [6.07, 6.45) is 0. The van der Waals surface area contributed by atoms with Crippen LogP contribution in [0.5, 0.6) is 0 Å². The number of urea groups is 1. The van der Waals surface area contributed by atoms with Crippen molar-refractivity contribution < 1.29 is 9.59 Å². The Morgan fingerprint density at radius 2 is 1.52 bits per heavy atom. The number of hydrogen-bond acceptors (Lipinski definition) is 4. The van der Waals surface area contributed by atoms with Gasteiger partial charge >= 0.3 is 6.03 Å². The Kier molecular flexibility index (Phi) is 4.89. The number of nitrogens with one attached hydrogen (secondary N) is 2. The molecular formula is C19H19N5O3. The summed E-state index contributed by atoms with van der Waals surface area (Å²) in [6.45, 7) is 3.66. The number of aromatic nitrogens is 2. The molecule has 138 valence electrons. The molecule has 2 aromatic carbocycles. The molecule has 8 nitrogen and oxygen atoms in total. The highest BCUT2D eigenvalue weighted by Crippen LogP contribution is 2.18. The third-order valence-electron chi connectivity index (χ3n) is 3.94. The molecule has 1 heterocycles. The van der Waals surface area contributed by atoms with E-state index in [0.717, 1.165) is 0 Å². The van der Waals surface area contributed by atoms with Gasteiger partial charge in [-0.05, 0) is 44.2 Å². The predicted molar refractivity (Wildman–Crippen MR) is 104 cm³/mol. The fourth-order valence-corrected chi connectivity index (χ4v) is 2.69. The second-order valence-corrected chi connectivity index (χ2v) is 6.26. The Labute approximate surface area is 155 Å². The largest absolute Gasteiger partial charge is 0.351 e. The van der Waals surface area contributed by atoms with Crippen molar-refractivity contribution in [3.8, 4) is 0 Å². The fourth-order valence-electron chi connectivity index (χ4n) is 2.69. The molecule has 4 N–H and O–H groups in total. The molecule has 8 heteroatoms. The van der Waals surface area contributed by atoms with Crippen LogP contribution in [0.1, 0.15) is 30.4 Å². The van der Waals surface area contributed by atoms with Crippen molar-refractivity contribution in [1.82, 2.24) is 9.78 Å². The van der Waals surface area contributed by atoms with Crippen molar-refractivity contribution in [1.29, 1.82) is 0 Å². The third kappa shape index (κ3) is 3.79. The van der Waals surface area contributed by atoms with Gasteiger partial charge in [0.1, 0.15) is 0 Å². The topological polar surface area (TPSA) is 119 Å². The van der Waals surface area contributed by atoms with Crippen LogP contribution in [0.4, 0.5) is 16.2 Å². The van der Waals surface area contributed by atoms with E-state index in [1.807, 2.05) is 13.8 Å². The maximum Gasteiger partial charge on any atom is 0.316 e. The smallest absolute Gasteiger partial charge is 0.316 e. The number of nitrogens with zero attached hydrogens (tertiary/aromatic N) is 2. The minimum Gasteiger partial charge on any atom is -0.351 e. The molecule has 0 radical (unpaired) electrons. The summed E-state index contributed by atoms with van der Waals surface area (Å²) in [5, 5.41) is 10.4. The molecule has 0 fully saturated rings. The highest BCUT2D eigenvalue weighted by Gasteiger charge is 2.18. The Morgan fingerprint density at radius 3 is 2.07 bits per heavy atom. The molecule has 0 aliphatic carbocycles. The molecule has 0 saturated carbocycles. The summed E-state index contributed by atoms with van der Waals surface area (Å²) in [4.78, 5) is 36.2. The van der Waals surface area contributed by atoms with Gasteiger partial charge < -0.3 is 16.4 Å². The zero-order chi connectivity index (χ0) is 19.6. The van der Waals surface area contributed by atoms with Crippen LogP contribution in [0.25, 0.3) is 10.8 Å². The van der Waals surface area contributed by atoms with Crippen molar-refractivity contribution in [3.05, 3.63) is 64.6 Å². The van der Waals surface area contributed by atoms with E-state index in [4.69, 9.17) is 5.73 Å². The van der Waals surface area contributed by atoms with Gasteiger partial charge in [0.15, 0.2) is 5.69 Å². The zero-order valence-corrected chi connectivity index (χ0v) is 14.9. The number of rotatable bonds is 4. The number of amides is 3. The number of anilines is 2. The summed E-state index contributed by atoms with van der Waals surface area (Å²) >= 11 is 0. The maximum absolute atomic E-state index is 12.8. The van der Waals surface area contributed by atoms with Crippen LogP contribution in [-0.2, 0) is 0 Å². The number of hydrogen-bond donors (Lipinski definition) is 3. The lowest BCUT2D eigenvalue weighted by molar-refractivity contribution is 0.102. The number of carbonyl (C=O) groups excluding carboxylic acids is 2. The average molecular weight is 365 g/mol. The first-order chi connectivity index (χ1) is 12.9. The molecule has 0 unspecified atom stereocenters. The first-order valence-electron chi connectivity index (χ1n) is 8.36. The van der Waals surface area contributed by atoms with Crippen LogP contribution in [0.3, 0.4) is 0 Å². The number of primary amides is 1. The van der Waals surface area contributed by atoms with Crippen molar-refractivity contribution in [2.24, 2.45) is 5.73 Å². The molecule has 27 heavy (non-hydrogen) atoms. The minimum absolute atomic E-state index is 0.165. The fraction of sp³-hybridized carbons (Fsp3) is 0.158. The SMILES string of the molecule is CC(C)n1nc(C(=O)Nc2ccc(NC(N)=O)cc2)c2ccccc2c1=O. The monoisotopic (exact) mass is 365 g/mol. The van der Waals surface area contributed by atoms with E-state index in [1.165, 1.54) is 4.68 Å².